The highest BCUT2D eigenvalue weighted by Crippen LogP contribution is 2.12. The first kappa shape index (κ1) is 19.4. The second-order valence-corrected chi connectivity index (χ2v) is 7.12. The molecule has 23 heavy (non-hydrogen) atoms. The summed E-state index contributed by atoms with van der Waals surface area (Å²) in [6.07, 6.45) is 5.30. The molecule has 0 aromatic heterocycles. The van der Waals surface area contributed by atoms with Gasteiger partial charge in [-0.05, 0) is 32.4 Å². The van der Waals surface area contributed by atoms with E-state index >= 15 is 0 Å². The third-order valence-electron chi connectivity index (χ3n) is 3.29. The van der Waals surface area contributed by atoms with Crippen molar-refractivity contribution in [2.24, 2.45) is 0 Å². The van der Waals surface area contributed by atoms with Gasteiger partial charge in [0.1, 0.15) is 6.61 Å². The Morgan fingerprint density at radius 3 is 2.52 bits per heavy atom. The van der Waals surface area contributed by atoms with Gasteiger partial charge in [0.15, 0.2) is 0 Å². The zero-order valence-electron chi connectivity index (χ0n) is 13.9. The van der Waals surface area contributed by atoms with Gasteiger partial charge in [-0.25, -0.2) is 17.9 Å². The van der Waals surface area contributed by atoms with Gasteiger partial charge in [-0.2, -0.15) is 0 Å². The highest BCUT2D eigenvalue weighted by molar-refractivity contribution is 7.89. The fourth-order valence-electron chi connectivity index (χ4n) is 2.00. The standard InChI is InChI=1S/C17H25NO4S/c1-4-6-8-15(13-22-17(19)7-5-2)18-23(20,21)16-11-9-14(3)10-12-16/h5,7,9-12,15,18H,4,6,8,13H2,1-3H3/b7-5+. The van der Waals surface area contributed by atoms with Gasteiger partial charge in [-0.3, -0.25) is 0 Å². The van der Waals surface area contributed by atoms with Gasteiger partial charge < -0.3 is 4.74 Å². The number of benzene rings is 1. The molecule has 1 rings (SSSR count). The molecule has 1 unspecified atom stereocenters. The minimum atomic E-state index is -3.63. The molecule has 0 aliphatic heterocycles. The first-order chi connectivity index (χ1) is 10.9. The molecule has 0 radical (unpaired) electrons. The lowest BCUT2D eigenvalue weighted by Gasteiger charge is -2.18. The Kier molecular flexibility index (Phi) is 7.98. The van der Waals surface area contributed by atoms with Crippen molar-refractivity contribution >= 4 is 16.0 Å². The predicted octanol–water partition coefficient (Wildman–Crippen LogP) is 2.95. The van der Waals surface area contributed by atoms with Crippen LogP contribution in [0.3, 0.4) is 0 Å². The van der Waals surface area contributed by atoms with Crippen molar-refractivity contribution in [2.45, 2.75) is 51.0 Å². The Balaban J connectivity index is 2.78. The zero-order valence-corrected chi connectivity index (χ0v) is 14.7. The average molecular weight is 339 g/mol. The first-order valence-electron chi connectivity index (χ1n) is 7.77. The van der Waals surface area contributed by atoms with E-state index in [0.29, 0.717) is 6.42 Å². The van der Waals surface area contributed by atoms with Crippen molar-refractivity contribution in [3.63, 3.8) is 0 Å². The lowest BCUT2D eigenvalue weighted by Crippen LogP contribution is -2.38. The van der Waals surface area contributed by atoms with Crippen molar-refractivity contribution in [1.82, 2.24) is 4.72 Å². The first-order valence-corrected chi connectivity index (χ1v) is 9.25. The fourth-order valence-corrected chi connectivity index (χ4v) is 3.25. The molecular weight excluding hydrogens is 314 g/mol. The molecule has 1 aromatic carbocycles. The molecule has 0 spiro atoms. The van der Waals surface area contributed by atoms with Crippen LogP contribution in [-0.2, 0) is 19.6 Å². The predicted molar refractivity (Wildman–Crippen MR) is 90.6 cm³/mol. The quantitative estimate of drug-likeness (QED) is 0.554. The smallest absolute Gasteiger partial charge is 0.330 e. The molecule has 0 aliphatic carbocycles. The summed E-state index contributed by atoms with van der Waals surface area (Å²) < 4.78 is 32.6. The molecule has 1 aromatic rings. The number of nitrogens with one attached hydrogen (secondary N) is 1. The molecule has 1 atom stereocenters. The minimum absolute atomic E-state index is 0.0221. The molecule has 0 bridgehead atoms. The monoisotopic (exact) mass is 339 g/mol. The van der Waals surface area contributed by atoms with Crippen molar-refractivity contribution in [3.05, 3.63) is 42.0 Å². The number of carbonyl (C=O) groups excluding carboxylic acids is 1. The van der Waals surface area contributed by atoms with E-state index in [-0.39, 0.29) is 11.5 Å². The van der Waals surface area contributed by atoms with E-state index < -0.39 is 22.0 Å². The molecule has 5 nitrogen and oxygen atoms in total. The number of aryl methyl sites for hydroxylation is 1. The summed E-state index contributed by atoms with van der Waals surface area (Å²) in [6, 6.07) is 6.21. The zero-order chi connectivity index (χ0) is 17.3. The third kappa shape index (κ3) is 6.97. The Hall–Kier alpha value is -1.66. The van der Waals surface area contributed by atoms with Crippen molar-refractivity contribution in [3.8, 4) is 0 Å². The Bertz CT molecular complexity index is 620. The van der Waals surface area contributed by atoms with E-state index in [4.69, 9.17) is 4.74 Å². The SMILES string of the molecule is C/C=C/C(=O)OCC(CCCC)NS(=O)(=O)c1ccc(C)cc1. The highest BCUT2D eigenvalue weighted by atomic mass is 32.2. The van der Waals surface area contributed by atoms with Crippen LogP contribution in [0.2, 0.25) is 0 Å². The Labute approximate surface area is 138 Å². The number of rotatable bonds is 9. The van der Waals surface area contributed by atoms with E-state index in [9.17, 15) is 13.2 Å². The van der Waals surface area contributed by atoms with Crippen LogP contribution >= 0.6 is 0 Å². The van der Waals surface area contributed by atoms with Crippen LogP contribution in [0.1, 0.15) is 38.7 Å². The number of ether oxygens (including phenoxy) is 1. The van der Waals surface area contributed by atoms with Crippen LogP contribution in [0.5, 0.6) is 0 Å². The van der Waals surface area contributed by atoms with E-state index in [0.717, 1.165) is 18.4 Å². The molecule has 6 heteroatoms. The van der Waals surface area contributed by atoms with Crippen LogP contribution < -0.4 is 4.72 Å². The number of hydrogen-bond donors (Lipinski definition) is 1. The van der Waals surface area contributed by atoms with E-state index in [2.05, 4.69) is 4.72 Å². The summed E-state index contributed by atoms with van der Waals surface area (Å²) in [5.41, 5.74) is 0.992. The molecule has 0 saturated carbocycles. The van der Waals surface area contributed by atoms with E-state index in [1.807, 2.05) is 13.8 Å². The molecule has 0 heterocycles. The Morgan fingerprint density at radius 2 is 1.96 bits per heavy atom. The van der Waals surface area contributed by atoms with Crippen molar-refractivity contribution in [1.29, 1.82) is 0 Å². The minimum Gasteiger partial charge on any atom is -0.461 e. The second kappa shape index (κ2) is 9.47. The summed E-state index contributed by atoms with van der Waals surface area (Å²) in [4.78, 5) is 11.6. The van der Waals surface area contributed by atoms with Crippen LogP contribution in [0.15, 0.2) is 41.3 Å². The summed E-state index contributed by atoms with van der Waals surface area (Å²) in [5.74, 6) is -0.469. The van der Waals surface area contributed by atoms with Gasteiger partial charge in [-0.1, -0.05) is 43.5 Å². The van der Waals surface area contributed by atoms with Gasteiger partial charge in [0.05, 0.1) is 10.9 Å². The van der Waals surface area contributed by atoms with E-state index in [1.165, 1.54) is 6.08 Å². The average Bonchev–Trinajstić information content (AvgIpc) is 2.50. The fraction of sp³-hybridized carbons (Fsp3) is 0.471. The summed E-state index contributed by atoms with van der Waals surface area (Å²) in [5, 5.41) is 0. The molecule has 0 saturated heterocycles. The lowest BCUT2D eigenvalue weighted by atomic mass is 10.1. The molecule has 0 fully saturated rings. The number of carbonyl (C=O) groups is 1. The van der Waals surface area contributed by atoms with Gasteiger partial charge >= 0.3 is 5.97 Å². The highest BCUT2D eigenvalue weighted by Gasteiger charge is 2.20. The number of unbranched alkanes of at least 4 members (excludes halogenated alkanes) is 1. The summed E-state index contributed by atoms with van der Waals surface area (Å²) in [7, 11) is -3.63. The summed E-state index contributed by atoms with van der Waals surface area (Å²) in [6.45, 7) is 5.66. The molecule has 0 aliphatic rings. The van der Waals surface area contributed by atoms with Gasteiger partial charge in [0.2, 0.25) is 10.0 Å². The van der Waals surface area contributed by atoms with Gasteiger partial charge in [0, 0.05) is 6.08 Å². The van der Waals surface area contributed by atoms with Gasteiger partial charge in [0.25, 0.3) is 0 Å². The molecule has 1 N–H and O–H groups in total. The van der Waals surface area contributed by atoms with Crippen LogP contribution in [0, 0.1) is 6.92 Å². The molecule has 128 valence electrons. The molecule has 0 amide bonds. The van der Waals surface area contributed by atoms with Gasteiger partial charge in [-0.15, -0.1) is 0 Å². The maximum Gasteiger partial charge on any atom is 0.330 e. The third-order valence-corrected chi connectivity index (χ3v) is 4.83. The maximum atomic E-state index is 12.4. The van der Waals surface area contributed by atoms with Crippen LogP contribution in [-0.4, -0.2) is 27.0 Å². The Morgan fingerprint density at radius 1 is 1.30 bits per heavy atom. The lowest BCUT2D eigenvalue weighted by molar-refractivity contribution is -0.138. The van der Waals surface area contributed by atoms with E-state index in [1.54, 1.807) is 37.3 Å². The largest absolute Gasteiger partial charge is 0.461 e. The number of hydrogen-bond acceptors (Lipinski definition) is 4. The van der Waals surface area contributed by atoms with Crippen molar-refractivity contribution < 1.29 is 17.9 Å². The molecular formula is C17H25NO4S. The van der Waals surface area contributed by atoms with Crippen LogP contribution in [0.25, 0.3) is 0 Å². The number of allylic oxidation sites excluding steroid dienone is 1. The normalized spacial score (nSPS) is 13.2. The maximum absolute atomic E-state index is 12.4. The summed E-state index contributed by atoms with van der Waals surface area (Å²) >= 11 is 0. The van der Waals surface area contributed by atoms with Crippen LogP contribution in [0.4, 0.5) is 0 Å². The topological polar surface area (TPSA) is 72.5 Å². The number of esters is 1. The van der Waals surface area contributed by atoms with Crippen molar-refractivity contribution in [2.75, 3.05) is 6.61 Å². The number of sulfonamides is 1. The second-order valence-electron chi connectivity index (χ2n) is 5.40.